The Bertz CT molecular complexity index is 367. The van der Waals surface area contributed by atoms with Crippen LogP contribution in [0.2, 0.25) is 0 Å². The molecule has 0 saturated carbocycles. The van der Waals surface area contributed by atoms with Gasteiger partial charge in [0.05, 0.1) is 5.54 Å². The average molecular weight is 270 g/mol. The minimum atomic E-state index is -0.572. The van der Waals surface area contributed by atoms with Crippen molar-refractivity contribution in [2.75, 3.05) is 19.7 Å². The number of rotatable bonds is 4. The molecule has 1 heterocycles. The van der Waals surface area contributed by atoms with E-state index in [1.807, 2.05) is 0 Å². The van der Waals surface area contributed by atoms with E-state index in [2.05, 4.69) is 11.9 Å². The predicted molar refractivity (Wildman–Crippen MR) is 70.6 cm³/mol. The van der Waals surface area contributed by atoms with Crippen molar-refractivity contribution in [1.82, 2.24) is 10.2 Å². The fraction of sp³-hybridized carbons (Fsp3) is 0.692. The first kappa shape index (κ1) is 15.5. The molecule has 0 spiro atoms. The Kier molecular flexibility index (Phi) is 4.57. The lowest BCUT2D eigenvalue weighted by atomic mass is 9.86. The minimum Gasteiger partial charge on any atom is -0.444 e. The molecule has 6 heteroatoms. The van der Waals surface area contributed by atoms with Crippen LogP contribution in [0.25, 0.3) is 0 Å². The molecule has 0 atom stereocenters. The quantitative estimate of drug-likeness (QED) is 0.736. The molecule has 1 saturated heterocycles. The summed E-state index contributed by atoms with van der Waals surface area (Å²) in [5.41, 5.74) is -1.12. The summed E-state index contributed by atoms with van der Waals surface area (Å²) in [5.74, 6) is -0.308. The van der Waals surface area contributed by atoms with Crippen molar-refractivity contribution in [2.45, 2.75) is 38.3 Å². The second kappa shape index (κ2) is 5.61. The third-order valence-electron chi connectivity index (χ3n) is 2.80. The molecule has 19 heavy (non-hydrogen) atoms. The van der Waals surface area contributed by atoms with Gasteiger partial charge in [-0.25, -0.2) is 4.79 Å². The van der Waals surface area contributed by atoms with Crippen LogP contribution in [0.1, 0.15) is 27.2 Å². The zero-order valence-corrected chi connectivity index (χ0v) is 11.7. The largest absolute Gasteiger partial charge is 0.444 e. The summed E-state index contributed by atoms with van der Waals surface area (Å²) in [7, 11) is 0. The zero-order chi connectivity index (χ0) is 14.7. The van der Waals surface area contributed by atoms with Gasteiger partial charge in [0.25, 0.3) is 0 Å². The third kappa shape index (κ3) is 4.24. The van der Waals surface area contributed by atoms with Crippen LogP contribution in [0.4, 0.5) is 4.79 Å². The van der Waals surface area contributed by atoms with Crippen molar-refractivity contribution in [3.8, 4) is 0 Å². The fourth-order valence-corrected chi connectivity index (χ4v) is 1.97. The molecule has 0 aliphatic carbocycles. The molecule has 2 amide bonds. The molecule has 0 unspecified atom stereocenters. The highest BCUT2D eigenvalue weighted by molar-refractivity contribution is 5.88. The van der Waals surface area contributed by atoms with Crippen LogP contribution in [-0.2, 0) is 9.53 Å². The van der Waals surface area contributed by atoms with Gasteiger partial charge in [-0.2, -0.15) is 0 Å². The fourth-order valence-electron chi connectivity index (χ4n) is 1.97. The molecular weight excluding hydrogens is 248 g/mol. The number of hydrogen-bond acceptors (Lipinski definition) is 4. The minimum absolute atomic E-state index is 0.0560. The molecule has 0 bridgehead atoms. The Hall–Kier alpha value is -1.56. The van der Waals surface area contributed by atoms with Gasteiger partial charge >= 0.3 is 6.09 Å². The Labute approximate surface area is 113 Å². The second-order valence-electron chi connectivity index (χ2n) is 5.78. The van der Waals surface area contributed by atoms with Crippen LogP contribution < -0.4 is 5.32 Å². The molecule has 0 aromatic carbocycles. The molecule has 1 rings (SSSR count). The molecule has 0 radical (unpaired) electrons. The van der Waals surface area contributed by atoms with Crippen molar-refractivity contribution < 1.29 is 19.4 Å². The molecule has 108 valence electrons. The number of aliphatic hydroxyl groups excluding tert-OH is 1. The first-order valence-electron chi connectivity index (χ1n) is 6.25. The highest BCUT2D eigenvalue weighted by Gasteiger charge is 2.46. The van der Waals surface area contributed by atoms with Gasteiger partial charge in [0, 0.05) is 19.7 Å². The summed E-state index contributed by atoms with van der Waals surface area (Å²) in [6, 6.07) is 0. The number of nitrogens with zero attached hydrogens (tertiary/aromatic N) is 1. The Morgan fingerprint density at radius 3 is 2.47 bits per heavy atom. The molecular formula is C13H22N2O4. The van der Waals surface area contributed by atoms with Gasteiger partial charge in [0.2, 0.25) is 5.91 Å². The number of carbonyl (C=O) groups is 2. The summed E-state index contributed by atoms with van der Waals surface area (Å²) in [6.45, 7) is 9.39. The highest BCUT2D eigenvalue weighted by atomic mass is 16.6. The number of likely N-dealkylation sites (tertiary alicyclic amines) is 1. The topological polar surface area (TPSA) is 78.9 Å². The number of nitrogens with one attached hydrogen (secondary N) is 1. The van der Waals surface area contributed by atoms with Crippen molar-refractivity contribution in [3.63, 3.8) is 0 Å². The molecule has 1 fully saturated rings. The SMILES string of the molecule is C=CC(=O)NC1(CCO)CN(C(=O)OC(C)(C)C)C1. The van der Waals surface area contributed by atoms with E-state index < -0.39 is 17.2 Å². The van der Waals surface area contributed by atoms with Crippen LogP contribution in [-0.4, -0.2) is 52.8 Å². The Morgan fingerprint density at radius 1 is 1.47 bits per heavy atom. The highest BCUT2D eigenvalue weighted by Crippen LogP contribution is 2.26. The van der Waals surface area contributed by atoms with E-state index in [0.29, 0.717) is 19.5 Å². The second-order valence-corrected chi connectivity index (χ2v) is 5.78. The van der Waals surface area contributed by atoms with Gasteiger partial charge in [-0.15, -0.1) is 0 Å². The standard InChI is InChI=1S/C13H22N2O4/c1-5-10(17)14-13(6-7-16)8-15(9-13)11(18)19-12(2,3)4/h5,16H,1,6-9H2,2-4H3,(H,14,17). The molecule has 0 aromatic heterocycles. The number of ether oxygens (including phenoxy) is 1. The van der Waals surface area contributed by atoms with Gasteiger partial charge in [-0.05, 0) is 33.3 Å². The van der Waals surface area contributed by atoms with Crippen molar-refractivity contribution in [2.24, 2.45) is 0 Å². The Morgan fingerprint density at radius 2 is 2.05 bits per heavy atom. The summed E-state index contributed by atoms with van der Waals surface area (Å²) >= 11 is 0. The lowest BCUT2D eigenvalue weighted by Crippen LogP contribution is -2.71. The normalized spacial score (nSPS) is 17.4. The van der Waals surface area contributed by atoms with Crippen LogP contribution in [0, 0.1) is 0 Å². The van der Waals surface area contributed by atoms with Gasteiger partial charge in [0.1, 0.15) is 5.60 Å². The summed E-state index contributed by atoms with van der Waals surface area (Å²) in [5, 5.41) is 11.8. The van der Waals surface area contributed by atoms with Crippen LogP contribution in [0.5, 0.6) is 0 Å². The van der Waals surface area contributed by atoms with E-state index in [0.717, 1.165) is 0 Å². The first-order chi connectivity index (χ1) is 8.71. The van der Waals surface area contributed by atoms with Gasteiger partial charge in [-0.1, -0.05) is 6.58 Å². The van der Waals surface area contributed by atoms with Crippen molar-refractivity contribution >= 4 is 12.0 Å². The van der Waals surface area contributed by atoms with E-state index in [1.54, 1.807) is 20.8 Å². The van der Waals surface area contributed by atoms with Gasteiger partial charge < -0.3 is 20.1 Å². The smallest absolute Gasteiger partial charge is 0.410 e. The molecule has 0 aromatic rings. The van der Waals surface area contributed by atoms with E-state index in [1.165, 1.54) is 11.0 Å². The number of carbonyl (C=O) groups excluding carboxylic acids is 2. The maximum atomic E-state index is 11.8. The molecule has 1 aliphatic heterocycles. The molecule has 2 N–H and O–H groups in total. The van der Waals surface area contributed by atoms with Crippen molar-refractivity contribution in [1.29, 1.82) is 0 Å². The van der Waals surface area contributed by atoms with E-state index in [-0.39, 0.29) is 12.5 Å². The van der Waals surface area contributed by atoms with Crippen LogP contribution in [0.15, 0.2) is 12.7 Å². The van der Waals surface area contributed by atoms with Crippen LogP contribution in [0.3, 0.4) is 0 Å². The van der Waals surface area contributed by atoms with Crippen LogP contribution >= 0.6 is 0 Å². The predicted octanol–water partition coefficient (Wildman–Crippen LogP) is 0.660. The summed E-state index contributed by atoms with van der Waals surface area (Å²) in [6.07, 6.45) is 1.16. The summed E-state index contributed by atoms with van der Waals surface area (Å²) in [4.78, 5) is 24.7. The maximum absolute atomic E-state index is 11.8. The average Bonchev–Trinajstić information content (AvgIpc) is 2.22. The number of hydrogen-bond donors (Lipinski definition) is 2. The third-order valence-corrected chi connectivity index (χ3v) is 2.80. The lowest BCUT2D eigenvalue weighted by Gasteiger charge is -2.50. The van der Waals surface area contributed by atoms with Gasteiger partial charge in [0.15, 0.2) is 0 Å². The lowest BCUT2D eigenvalue weighted by molar-refractivity contribution is -0.121. The maximum Gasteiger partial charge on any atom is 0.410 e. The zero-order valence-electron chi connectivity index (χ0n) is 11.7. The van der Waals surface area contributed by atoms with E-state index in [4.69, 9.17) is 9.84 Å². The number of amides is 2. The van der Waals surface area contributed by atoms with Crippen molar-refractivity contribution in [3.05, 3.63) is 12.7 Å². The molecule has 1 aliphatic rings. The van der Waals surface area contributed by atoms with E-state index >= 15 is 0 Å². The summed E-state index contributed by atoms with van der Waals surface area (Å²) < 4.78 is 5.24. The molecule has 6 nitrogen and oxygen atoms in total. The Balaban J connectivity index is 2.57. The number of aliphatic hydroxyl groups is 1. The van der Waals surface area contributed by atoms with Gasteiger partial charge in [-0.3, -0.25) is 4.79 Å². The first-order valence-corrected chi connectivity index (χ1v) is 6.25. The van der Waals surface area contributed by atoms with E-state index in [9.17, 15) is 9.59 Å². The monoisotopic (exact) mass is 270 g/mol.